The molecular weight excluding hydrogens is 320 g/mol. The molecule has 0 amide bonds. The molecule has 1 aromatic rings. The lowest BCUT2D eigenvalue weighted by Gasteiger charge is -2.09. The number of aliphatic carboxylic acids is 1. The van der Waals surface area contributed by atoms with Crippen LogP contribution in [-0.2, 0) is 14.8 Å². The van der Waals surface area contributed by atoms with Gasteiger partial charge in [-0.3, -0.25) is 4.79 Å². The van der Waals surface area contributed by atoms with Crippen molar-refractivity contribution in [3.05, 3.63) is 28.0 Å². The molecule has 0 saturated carbocycles. The zero-order valence-corrected chi connectivity index (χ0v) is 11.8. The van der Waals surface area contributed by atoms with E-state index in [-0.39, 0.29) is 29.4 Å². The third kappa shape index (κ3) is 4.61. The molecule has 9 heteroatoms. The molecule has 0 saturated heterocycles. The third-order valence-electron chi connectivity index (χ3n) is 2.09. The van der Waals surface area contributed by atoms with E-state index in [1.807, 2.05) is 0 Å². The number of hydrogen-bond donors (Lipinski definition) is 2. The first-order valence-electron chi connectivity index (χ1n) is 5.10. The Morgan fingerprint density at radius 1 is 1.32 bits per heavy atom. The van der Waals surface area contributed by atoms with Gasteiger partial charge in [-0.2, -0.15) is 0 Å². The highest BCUT2D eigenvalue weighted by molar-refractivity contribution is 7.89. The van der Waals surface area contributed by atoms with Crippen molar-refractivity contribution in [3.8, 4) is 0 Å². The van der Waals surface area contributed by atoms with Crippen molar-refractivity contribution in [2.75, 3.05) is 6.54 Å². The molecule has 1 rings (SSSR count). The molecular formula is C10H10Cl2FNO4S. The fourth-order valence-corrected chi connectivity index (χ4v) is 3.56. The lowest BCUT2D eigenvalue weighted by Crippen LogP contribution is -2.26. The molecule has 0 unspecified atom stereocenters. The molecule has 0 aliphatic carbocycles. The van der Waals surface area contributed by atoms with Crippen molar-refractivity contribution >= 4 is 39.2 Å². The monoisotopic (exact) mass is 329 g/mol. The van der Waals surface area contributed by atoms with Gasteiger partial charge in [0, 0.05) is 13.0 Å². The van der Waals surface area contributed by atoms with Crippen molar-refractivity contribution < 1.29 is 22.7 Å². The molecule has 2 N–H and O–H groups in total. The predicted molar refractivity (Wildman–Crippen MR) is 68.5 cm³/mol. The van der Waals surface area contributed by atoms with E-state index >= 15 is 0 Å². The SMILES string of the molecule is O=C(O)CCCNS(=O)(=O)c1c(Cl)cc(F)cc1Cl. The maximum atomic E-state index is 12.9. The number of benzene rings is 1. The molecule has 0 aliphatic rings. The Morgan fingerprint density at radius 3 is 2.32 bits per heavy atom. The molecule has 106 valence electrons. The molecule has 0 aliphatic heterocycles. The van der Waals surface area contributed by atoms with E-state index in [1.165, 1.54) is 0 Å². The second-order valence-electron chi connectivity index (χ2n) is 3.59. The van der Waals surface area contributed by atoms with Gasteiger partial charge >= 0.3 is 5.97 Å². The minimum Gasteiger partial charge on any atom is -0.481 e. The Kier molecular flexibility index (Phi) is 5.54. The number of sulfonamides is 1. The minimum atomic E-state index is -4.01. The van der Waals surface area contributed by atoms with Crippen LogP contribution in [0.2, 0.25) is 10.0 Å². The Bertz CT molecular complexity index is 568. The smallest absolute Gasteiger partial charge is 0.303 e. The largest absolute Gasteiger partial charge is 0.481 e. The average molecular weight is 330 g/mol. The van der Waals surface area contributed by atoms with E-state index in [2.05, 4.69) is 4.72 Å². The third-order valence-corrected chi connectivity index (χ3v) is 4.47. The molecule has 0 spiro atoms. The Balaban J connectivity index is 2.86. The van der Waals surface area contributed by atoms with Crippen LogP contribution in [0, 0.1) is 5.82 Å². The van der Waals surface area contributed by atoms with Gasteiger partial charge in [0.05, 0.1) is 10.0 Å². The number of halogens is 3. The minimum absolute atomic E-state index is 0.0847. The van der Waals surface area contributed by atoms with E-state index < -0.39 is 26.7 Å². The fraction of sp³-hybridized carbons (Fsp3) is 0.300. The van der Waals surface area contributed by atoms with Crippen LogP contribution in [0.1, 0.15) is 12.8 Å². The molecule has 0 heterocycles. The zero-order valence-electron chi connectivity index (χ0n) is 9.49. The van der Waals surface area contributed by atoms with Crippen molar-refractivity contribution in [2.24, 2.45) is 0 Å². The molecule has 0 radical (unpaired) electrons. The highest BCUT2D eigenvalue weighted by Crippen LogP contribution is 2.30. The summed E-state index contributed by atoms with van der Waals surface area (Å²) in [6, 6.07) is 1.67. The summed E-state index contributed by atoms with van der Waals surface area (Å²) in [5.74, 6) is -1.78. The average Bonchev–Trinajstić information content (AvgIpc) is 2.22. The summed E-state index contributed by atoms with van der Waals surface area (Å²) in [4.78, 5) is 9.85. The summed E-state index contributed by atoms with van der Waals surface area (Å²) in [6.45, 7) is -0.0847. The Hall–Kier alpha value is -0.890. The maximum absolute atomic E-state index is 12.9. The van der Waals surface area contributed by atoms with Gasteiger partial charge in [-0.25, -0.2) is 17.5 Å². The van der Waals surface area contributed by atoms with Crippen LogP contribution in [-0.4, -0.2) is 26.0 Å². The molecule has 0 bridgehead atoms. The highest BCUT2D eigenvalue weighted by atomic mass is 35.5. The van der Waals surface area contributed by atoms with Gasteiger partial charge in [-0.15, -0.1) is 0 Å². The molecule has 19 heavy (non-hydrogen) atoms. The molecule has 1 aromatic carbocycles. The quantitative estimate of drug-likeness (QED) is 0.784. The standard InChI is InChI=1S/C10H10Cl2FNO4S/c11-7-4-6(13)5-8(12)10(7)19(17,18)14-3-1-2-9(15)16/h4-5,14H,1-3H2,(H,15,16). The van der Waals surface area contributed by atoms with Crippen molar-refractivity contribution in [3.63, 3.8) is 0 Å². The van der Waals surface area contributed by atoms with Crippen LogP contribution in [0.4, 0.5) is 4.39 Å². The van der Waals surface area contributed by atoms with E-state index in [0.717, 1.165) is 12.1 Å². The van der Waals surface area contributed by atoms with E-state index in [0.29, 0.717) is 0 Å². The van der Waals surface area contributed by atoms with Crippen LogP contribution in [0.25, 0.3) is 0 Å². The predicted octanol–water partition coefficient (Wildman–Crippen LogP) is 2.28. The van der Waals surface area contributed by atoms with Crippen LogP contribution in [0.3, 0.4) is 0 Å². The lowest BCUT2D eigenvalue weighted by atomic mass is 10.3. The summed E-state index contributed by atoms with van der Waals surface area (Å²) in [5, 5.41) is 7.74. The summed E-state index contributed by atoms with van der Waals surface area (Å²) in [6.07, 6.45) is -0.0571. The van der Waals surface area contributed by atoms with Crippen molar-refractivity contribution in [1.29, 1.82) is 0 Å². The number of carboxylic acids is 1. The van der Waals surface area contributed by atoms with Gasteiger partial charge in [0.15, 0.2) is 0 Å². The number of carboxylic acid groups (broad SMARTS) is 1. The summed E-state index contributed by atoms with van der Waals surface area (Å²) < 4.78 is 38.9. The molecule has 5 nitrogen and oxygen atoms in total. The van der Waals surface area contributed by atoms with E-state index in [4.69, 9.17) is 28.3 Å². The van der Waals surface area contributed by atoms with E-state index in [9.17, 15) is 17.6 Å². The second kappa shape index (κ2) is 6.51. The summed E-state index contributed by atoms with van der Waals surface area (Å²) >= 11 is 11.3. The first-order valence-corrected chi connectivity index (χ1v) is 7.34. The van der Waals surface area contributed by atoms with Crippen LogP contribution in [0.5, 0.6) is 0 Å². The van der Waals surface area contributed by atoms with Gasteiger partial charge < -0.3 is 5.11 Å². The summed E-state index contributed by atoms with van der Waals surface area (Å²) in [5.41, 5.74) is 0. The molecule has 0 aromatic heterocycles. The molecule has 0 atom stereocenters. The first-order chi connectivity index (χ1) is 8.74. The highest BCUT2D eigenvalue weighted by Gasteiger charge is 2.22. The first kappa shape index (κ1) is 16.2. The van der Waals surface area contributed by atoms with Crippen LogP contribution >= 0.6 is 23.2 Å². The van der Waals surface area contributed by atoms with Gasteiger partial charge in [0.25, 0.3) is 0 Å². The normalized spacial score (nSPS) is 11.5. The fourth-order valence-electron chi connectivity index (χ4n) is 1.30. The van der Waals surface area contributed by atoms with Gasteiger partial charge in [0.2, 0.25) is 10.0 Å². The topological polar surface area (TPSA) is 83.5 Å². The Morgan fingerprint density at radius 2 is 1.84 bits per heavy atom. The second-order valence-corrected chi connectivity index (χ2v) is 6.11. The molecule has 0 fully saturated rings. The maximum Gasteiger partial charge on any atom is 0.303 e. The van der Waals surface area contributed by atoms with Gasteiger partial charge in [-0.05, 0) is 18.6 Å². The van der Waals surface area contributed by atoms with Crippen LogP contribution < -0.4 is 4.72 Å². The van der Waals surface area contributed by atoms with Crippen molar-refractivity contribution in [2.45, 2.75) is 17.7 Å². The van der Waals surface area contributed by atoms with Gasteiger partial charge in [0.1, 0.15) is 10.7 Å². The number of hydrogen-bond acceptors (Lipinski definition) is 3. The number of nitrogens with one attached hydrogen (secondary N) is 1. The lowest BCUT2D eigenvalue weighted by molar-refractivity contribution is -0.137. The van der Waals surface area contributed by atoms with E-state index in [1.54, 1.807) is 0 Å². The zero-order chi connectivity index (χ0) is 14.6. The van der Waals surface area contributed by atoms with Crippen LogP contribution in [0.15, 0.2) is 17.0 Å². The van der Waals surface area contributed by atoms with Crippen molar-refractivity contribution in [1.82, 2.24) is 4.72 Å². The Labute approximate surface area is 119 Å². The summed E-state index contributed by atoms with van der Waals surface area (Å²) in [7, 11) is -4.01. The number of carbonyl (C=O) groups is 1. The number of rotatable bonds is 6. The van der Waals surface area contributed by atoms with Gasteiger partial charge in [-0.1, -0.05) is 23.2 Å².